The number of aromatic nitrogens is 2. The molecule has 0 spiro atoms. The molecule has 7 heteroatoms. The number of aliphatic hydroxyl groups is 1. The smallest absolute Gasteiger partial charge is 0.220 e. The summed E-state index contributed by atoms with van der Waals surface area (Å²) in [5.41, 5.74) is 1.49. The number of rotatable bonds is 8. The largest absolute Gasteiger partial charge is 0.493 e. The van der Waals surface area contributed by atoms with Crippen molar-refractivity contribution in [1.82, 2.24) is 9.97 Å². The third kappa shape index (κ3) is 4.97. The lowest BCUT2D eigenvalue weighted by Gasteiger charge is -2.25. The predicted octanol–water partition coefficient (Wildman–Crippen LogP) is 4.84. The summed E-state index contributed by atoms with van der Waals surface area (Å²) in [6, 6.07) is 5.63. The van der Waals surface area contributed by atoms with Gasteiger partial charge >= 0.3 is 0 Å². The first-order chi connectivity index (χ1) is 14.2. The molecular weight excluding hydrogens is 386 g/mol. The van der Waals surface area contributed by atoms with Crippen molar-refractivity contribution in [2.45, 2.75) is 32.6 Å². The molecular formula is C22H27N3O3S. The summed E-state index contributed by atoms with van der Waals surface area (Å²) in [5, 5.41) is 10.4. The van der Waals surface area contributed by atoms with Gasteiger partial charge in [-0.3, -0.25) is 0 Å². The van der Waals surface area contributed by atoms with Crippen LogP contribution >= 0.6 is 11.3 Å². The van der Waals surface area contributed by atoms with Gasteiger partial charge in [-0.1, -0.05) is 18.3 Å². The van der Waals surface area contributed by atoms with Crippen LogP contribution in [-0.4, -0.2) is 41.4 Å². The number of hydrogen-bond acceptors (Lipinski definition) is 7. The van der Waals surface area contributed by atoms with Crippen LogP contribution < -0.4 is 9.64 Å². The first kappa shape index (κ1) is 19.9. The van der Waals surface area contributed by atoms with Crippen molar-refractivity contribution in [3.05, 3.63) is 35.2 Å². The zero-order valence-electron chi connectivity index (χ0n) is 16.7. The number of aliphatic hydroxyl groups excluding tert-OH is 1. The van der Waals surface area contributed by atoms with E-state index >= 15 is 0 Å². The van der Waals surface area contributed by atoms with E-state index in [4.69, 9.17) is 9.15 Å². The van der Waals surface area contributed by atoms with Gasteiger partial charge in [-0.15, -0.1) is 0 Å². The Morgan fingerprint density at radius 2 is 2.14 bits per heavy atom. The van der Waals surface area contributed by atoms with E-state index in [-0.39, 0.29) is 12.5 Å². The summed E-state index contributed by atoms with van der Waals surface area (Å²) < 4.78 is 11.6. The van der Waals surface area contributed by atoms with Gasteiger partial charge < -0.3 is 19.2 Å². The lowest BCUT2D eigenvalue weighted by Crippen LogP contribution is -2.29. The minimum absolute atomic E-state index is 0.132. The number of benzene rings is 1. The number of fused-ring (bicyclic) bond motifs is 1. The number of thiazole rings is 1. The van der Waals surface area contributed by atoms with Gasteiger partial charge in [0.2, 0.25) is 5.89 Å². The van der Waals surface area contributed by atoms with Crippen molar-refractivity contribution in [3.8, 4) is 5.75 Å². The molecule has 4 rings (SSSR count). The Bertz CT molecular complexity index is 955. The summed E-state index contributed by atoms with van der Waals surface area (Å²) in [6.45, 7) is 4.87. The second-order valence-corrected chi connectivity index (χ2v) is 8.42. The fourth-order valence-corrected chi connectivity index (χ4v) is 4.21. The van der Waals surface area contributed by atoms with Crippen molar-refractivity contribution < 1.29 is 14.3 Å². The Labute approximate surface area is 174 Å². The van der Waals surface area contributed by atoms with E-state index in [0.29, 0.717) is 18.1 Å². The first-order valence-electron chi connectivity index (χ1n) is 10.3. The van der Waals surface area contributed by atoms with E-state index in [1.165, 1.54) is 19.3 Å². The molecule has 0 bridgehead atoms. The molecule has 3 heterocycles. The van der Waals surface area contributed by atoms with Crippen LogP contribution in [0.1, 0.15) is 43.4 Å². The highest BCUT2D eigenvalue weighted by molar-refractivity contribution is 7.16. The minimum Gasteiger partial charge on any atom is -0.493 e. The van der Waals surface area contributed by atoms with E-state index in [1.54, 1.807) is 11.3 Å². The van der Waals surface area contributed by atoms with Crippen LogP contribution in [0.4, 0.5) is 5.13 Å². The molecule has 1 aromatic carbocycles. The van der Waals surface area contributed by atoms with Gasteiger partial charge in [0, 0.05) is 48.8 Å². The molecule has 1 unspecified atom stereocenters. The number of hydrogen-bond donors (Lipinski definition) is 1. The maximum atomic E-state index is 9.29. The lowest BCUT2D eigenvalue weighted by atomic mass is 10.1. The van der Waals surface area contributed by atoms with Crippen molar-refractivity contribution >= 4 is 39.7 Å². The van der Waals surface area contributed by atoms with E-state index in [9.17, 15) is 5.11 Å². The highest BCUT2D eigenvalue weighted by Crippen LogP contribution is 2.27. The van der Waals surface area contributed by atoms with Crippen LogP contribution in [0.15, 0.2) is 28.8 Å². The van der Waals surface area contributed by atoms with Crippen LogP contribution in [0, 0.1) is 5.92 Å². The van der Waals surface area contributed by atoms with Crippen molar-refractivity contribution in [2.24, 2.45) is 5.92 Å². The number of nitrogens with zero attached hydrogens (tertiary/aromatic N) is 3. The number of oxazole rings is 1. The zero-order valence-corrected chi connectivity index (χ0v) is 17.5. The Hall–Kier alpha value is -2.38. The fourth-order valence-electron chi connectivity index (χ4n) is 3.34. The predicted molar refractivity (Wildman–Crippen MR) is 117 cm³/mol. The molecule has 1 fully saturated rings. The van der Waals surface area contributed by atoms with Gasteiger partial charge in [0.1, 0.15) is 11.3 Å². The highest BCUT2D eigenvalue weighted by atomic mass is 32.1. The molecule has 2 aromatic heterocycles. The van der Waals surface area contributed by atoms with E-state index < -0.39 is 0 Å². The molecule has 1 aliphatic rings. The van der Waals surface area contributed by atoms with Gasteiger partial charge in [-0.2, -0.15) is 0 Å². The molecule has 6 nitrogen and oxygen atoms in total. The summed E-state index contributed by atoms with van der Waals surface area (Å²) >= 11 is 1.70. The highest BCUT2D eigenvalue weighted by Gasteiger charge is 2.14. The monoisotopic (exact) mass is 413 g/mol. The van der Waals surface area contributed by atoms with Crippen molar-refractivity contribution in [2.75, 3.05) is 31.2 Å². The lowest BCUT2D eigenvalue weighted by molar-refractivity contribution is 0.160. The molecule has 29 heavy (non-hydrogen) atoms. The Balaban J connectivity index is 1.42. The topological polar surface area (TPSA) is 71.6 Å². The fraction of sp³-hybridized carbons (Fsp3) is 0.455. The summed E-state index contributed by atoms with van der Waals surface area (Å²) in [7, 11) is 0. The summed E-state index contributed by atoms with van der Waals surface area (Å²) in [4.78, 5) is 12.5. The van der Waals surface area contributed by atoms with E-state index in [1.807, 2.05) is 43.5 Å². The van der Waals surface area contributed by atoms with Crippen LogP contribution in [0.25, 0.3) is 23.3 Å². The van der Waals surface area contributed by atoms with Crippen molar-refractivity contribution in [1.29, 1.82) is 0 Å². The van der Waals surface area contributed by atoms with Gasteiger partial charge in [-0.05, 0) is 43.9 Å². The van der Waals surface area contributed by atoms with Crippen LogP contribution in [0.5, 0.6) is 5.75 Å². The van der Waals surface area contributed by atoms with Crippen LogP contribution in [0.2, 0.25) is 0 Å². The van der Waals surface area contributed by atoms with E-state index in [2.05, 4.69) is 14.9 Å². The Morgan fingerprint density at radius 1 is 1.28 bits per heavy atom. The molecule has 3 aromatic rings. The Morgan fingerprint density at radius 3 is 2.93 bits per heavy atom. The number of ether oxygens (including phenoxy) is 1. The second-order valence-electron chi connectivity index (χ2n) is 7.38. The van der Waals surface area contributed by atoms with Crippen LogP contribution in [0.3, 0.4) is 0 Å². The number of piperidine rings is 1. The maximum absolute atomic E-state index is 9.29. The summed E-state index contributed by atoms with van der Waals surface area (Å²) in [6.07, 6.45) is 10.5. The first-order valence-corrected chi connectivity index (χ1v) is 11.1. The van der Waals surface area contributed by atoms with Gasteiger partial charge in [0.15, 0.2) is 10.7 Å². The SMILES string of the molecule is CCC(CO)COc1ccc2nc(/C=C/c3cnc(N4CCCCC4)s3)oc2c1. The third-order valence-corrected chi connectivity index (χ3v) is 6.25. The molecule has 1 N–H and O–H groups in total. The molecule has 0 aliphatic carbocycles. The molecule has 0 saturated carbocycles. The van der Waals surface area contributed by atoms with Crippen molar-refractivity contribution in [3.63, 3.8) is 0 Å². The molecule has 0 radical (unpaired) electrons. The minimum atomic E-state index is 0.132. The molecule has 0 amide bonds. The molecule has 1 atom stereocenters. The second kappa shape index (κ2) is 9.41. The normalized spacial score (nSPS) is 16.0. The average Bonchev–Trinajstić information content (AvgIpc) is 3.40. The molecule has 1 saturated heterocycles. The Kier molecular flexibility index (Phi) is 6.46. The van der Waals surface area contributed by atoms with E-state index in [0.717, 1.165) is 40.8 Å². The quantitative estimate of drug-likeness (QED) is 0.570. The van der Waals surface area contributed by atoms with Gasteiger partial charge in [-0.25, -0.2) is 9.97 Å². The summed E-state index contributed by atoms with van der Waals surface area (Å²) in [5.74, 6) is 1.43. The van der Waals surface area contributed by atoms with Gasteiger partial charge in [0.25, 0.3) is 0 Å². The van der Waals surface area contributed by atoms with Gasteiger partial charge in [0.05, 0.1) is 6.61 Å². The molecule has 154 valence electrons. The standard InChI is InChI=1S/C22H27N3O3S/c1-2-16(14-26)15-27-17-6-8-19-20(12-17)28-21(24-19)9-7-18-13-23-22(29-18)25-10-4-3-5-11-25/h6-9,12-13,16,26H,2-5,10-11,14-15H2,1H3/b9-7+. The van der Waals surface area contributed by atoms with Crippen LogP contribution in [-0.2, 0) is 0 Å². The zero-order chi connectivity index (χ0) is 20.1. The average molecular weight is 414 g/mol. The third-order valence-electron chi connectivity index (χ3n) is 5.23. The maximum Gasteiger partial charge on any atom is 0.220 e. The number of anilines is 1. The molecule has 1 aliphatic heterocycles.